The van der Waals surface area contributed by atoms with Gasteiger partial charge in [0, 0.05) is 23.1 Å². The Hall–Kier alpha value is -3.91. The molecule has 0 unspecified atom stereocenters. The predicted octanol–water partition coefficient (Wildman–Crippen LogP) is 4.96. The molecule has 0 aromatic heterocycles. The van der Waals surface area contributed by atoms with Gasteiger partial charge in [0.2, 0.25) is 0 Å². The molecule has 0 aliphatic carbocycles. The second kappa shape index (κ2) is 8.68. The zero-order valence-electron chi connectivity index (χ0n) is 16.8. The van der Waals surface area contributed by atoms with Crippen LogP contribution in [-0.4, -0.2) is 23.9 Å². The molecule has 8 nitrogen and oxygen atoms in total. The van der Waals surface area contributed by atoms with E-state index in [2.05, 4.69) is 5.32 Å². The fourth-order valence-corrected chi connectivity index (χ4v) is 3.62. The first-order chi connectivity index (χ1) is 15.4. The summed E-state index contributed by atoms with van der Waals surface area (Å²) < 4.78 is 10.7. The van der Waals surface area contributed by atoms with E-state index >= 15 is 0 Å². The smallest absolute Gasteiger partial charge is 0.339 e. The number of ether oxygens (including phenoxy) is 2. The summed E-state index contributed by atoms with van der Waals surface area (Å²) in [6, 6.07) is 15.7. The number of halogens is 1. The van der Waals surface area contributed by atoms with Crippen molar-refractivity contribution in [2.45, 2.75) is 12.5 Å². The molecule has 1 N–H and O–H groups in total. The summed E-state index contributed by atoms with van der Waals surface area (Å²) in [6.07, 6.45) is -0.0784. The van der Waals surface area contributed by atoms with Gasteiger partial charge in [-0.05, 0) is 47.5 Å². The lowest BCUT2D eigenvalue weighted by atomic mass is 9.93. The molecule has 1 atom stereocenters. The quantitative estimate of drug-likeness (QED) is 0.333. The third-order valence-corrected chi connectivity index (χ3v) is 5.38. The maximum Gasteiger partial charge on any atom is 0.339 e. The van der Waals surface area contributed by atoms with Crippen molar-refractivity contribution in [3.05, 3.63) is 98.1 Å². The predicted molar refractivity (Wildman–Crippen MR) is 117 cm³/mol. The summed E-state index contributed by atoms with van der Waals surface area (Å²) in [6.45, 7) is 0. The van der Waals surface area contributed by atoms with Crippen molar-refractivity contribution in [1.82, 2.24) is 0 Å². The molecule has 9 heteroatoms. The maximum atomic E-state index is 12.8. The van der Waals surface area contributed by atoms with Crippen molar-refractivity contribution in [3.8, 4) is 5.75 Å². The van der Waals surface area contributed by atoms with Crippen LogP contribution in [-0.2, 0) is 11.2 Å². The van der Waals surface area contributed by atoms with Gasteiger partial charge in [0.05, 0.1) is 29.4 Å². The van der Waals surface area contributed by atoms with E-state index in [1.54, 1.807) is 36.4 Å². The molecular formula is C23H17ClN2O6. The van der Waals surface area contributed by atoms with Gasteiger partial charge in [-0.2, -0.15) is 0 Å². The summed E-state index contributed by atoms with van der Waals surface area (Å²) >= 11 is 5.93. The fraction of sp³-hybridized carbons (Fsp3) is 0.130. The average Bonchev–Trinajstić information content (AvgIpc) is 2.79. The van der Waals surface area contributed by atoms with Crippen LogP contribution in [0.2, 0.25) is 5.02 Å². The monoisotopic (exact) mass is 452 g/mol. The van der Waals surface area contributed by atoms with Gasteiger partial charge < -0.3 is 14.8 Å². The van der Waals surface area contributed by atoms with Gasteiger partial charge >= 0.3 is 5.97 Å². The summed E-state index contributed by atoms with van der Waals surface area (Å²) in [5, 5.41) is 14.2. The van der Waals surface area contributed by atoms with Crippen LogP contribution in [0.5, 0.6) is 5.75 Å². The van der Waals surface area contributed by atoms with Crippen LogP contribution in [0.15, 0.2) is 60.7 Å². The number of benzene rings is 3. The molecule has 4 rings (SSSR count). The molecule has 1 aliphatic heterocycles. The third-order valence-electron chi connectivity index (χ3n) is 5.13. The molecule has 1 amide bonds. The number of carbonyl (C=O) groups excluding carboxylic acids is 2. The maximum absolute atomic E-state index is 12.8. The SMILES string of the molecule is COc1cc([N+](=O)[O-])ccc1NC(=O)c1ccc2c(c1)C[C@H](c1ccc(Cl)cc1)OC2=O. The minimum atomic E-state index is -0.548. The highest BCUT2D eigenvalue weighted by Gasteiger charge is 2.28. The molecule has 0 fully saturated rings. The van der Waals surface area contributed by atoms with Crippen molar-refractivity contribution in [3.63, 3.8) is 0 Å². The normalized spacial score (nSPS) is 14.8. The molecule has 162 valence electrons. The summed E-state index contributed by atoms with van der Waals surface area (Å²) in [4.78, 5) is 35.7. The van der Waals surface area contributed by atoms with E-state index in [4.69, 9.17) is 21.1 Å². The Morgan fingerprint density at radius 2 is 1.91 bits per heavy atom. The molecule has 0 spiro atoms. The lowest BCUT2D eigenvalue weighted by Gasteiger charge is -2.25. The zero-order valence-corrected chi connectivity index (χ0v) is 17.6. The van der Waals surface area contributed by atoms with Gasteiger partial charge in [0.1, 0.15) is 11.9 Å². The van der Waals surface area contributed by atoms with Crippen LogP contribution in [0.1, 0.15) is 37.9 Å². The van der Waals surface area contributed by atoms with Gasteiger partial charge in [0.25, 0.3) is 11.6 Å². The number of hydrogen-bond donors (Lipinski definition) is 1. The van der Waals surface area contributed by atoms with Crippen molar-refractivity contribution < 1.29 is 24.0 Å². The minimum Gasteiger partial charge on any atom is -0.494 e. The van der Waals surface area contributed by atoms with Gasteiger partial charge in [-0.1, -0.05) is 23.7 Å². The Bertz CT molecular complexity index is 1230. The molecule has 0 saturated carbocycles. The third kappa shape index (κ3) is 4.26. The largest absolute Gasteiger partial charge is 0.494 e. The van der Waals surface area contributed by atoms with Crippen LogP contribution in [0.3, 0.4) is 0 Å². The number of fused-ring (bicyclic) bond motifs is 1. The second-order valence-corrected chi connectivity index (χ2v) is 7.55. The Morgan fingerprint density at radius 3 is 2.59 bits per heavy atom. The van der Waals surface area contributed by atoms with E-state index < -0.39 is 22.9 Å². The Balaban J connectivity index is 1.58. The lowest BCUT2D eigenvalue weighted by molar-refractivity contribution is -0.384. The molecule has 3 aromatic carbocycles. The topological polar surface area (TPSA) is 108 Å². The van der Waals surface area contributed by atoms with Crippen LogP contribution >= 0.6 is 11.6 Å². The van der Waals surface area contributed by atoms with Crippen LogP contribution in [0.25, 0.3) is 0 Å². The fourth-order valence-electron chi connectivity index (χ4n) is 3.49. The van der Waals surface area contributed by atoms with E-state index in [1.807, 2.05) is 0 Å². The highest BCUT2D eigenvalue weighted by molar-refractivity contribution is 6.30. The number of carbonyl (C=O) groups is 2. The van der Waals surface area contributed by atoms with Gasteiger partial charge in [-0.15, -0.1) is 0 Å². The van der Waals surface area contributed by atoms with Gasteiger partial charge in [-0.3, -0.25) is 14.9 Å². The van der Waals surface area contributed by atoms with E-state index in [0.717, 1.165) is 5.56 Å². The molecule has 3 aromatic rings. The van der Waals surface area contributed by atoms with Crippen LogP contribution < -0.4 is 10.1 Å². The lowest BCUT2D eigenvalue weighted by Crippen LogP contribution is -2.23. The summed E-state index contributed by atoms with van der Waals surface area (Å²) in [5.74, 6) is -0.742. The molecule has 1 heterocycles. The van der Waals surface area contributed by atoms with Crippen LogP contribution in [0.4, 0.5) is 11.4 Å². The number of esters is 1. The number of nitro benzene ring substituents is 1. The number of methoxy groups -OCH3 is 1. The first-order valence-electron chi connectivity index (χ1n) is 9.59. The molecule has 32 heavy (non-hydrogen) atoms. The van der Waals surface area contributed by atoms with Crippen molar-refractivity contribution in [2.24, 2.45) is 0 Å². The highest BCUT2D eigenvalue weighted by atomic mass is 35.5. The number of amides is 1. The first kappa shape index (κ1) is 21.3. The molecule has 0 radical (unpaired) electrons. The van der Waals surface area contributed by atoms with Crippen molar-refractivity contribution >= 4 is 34.9 Å². The number of anilines is 1. The van der Waals surface area contributed by atoms with E-state index in [-0.39, 0.29) is 11.4 Å². The number of hydrogen-bond acceptors (Lipinski definition) is 6. The Labute approximate surface area is 187 Å². The van der Waals surface area contributed by atoms with Crippen molar-refractivity contribution in [2.75, 3.05) is 12.4 Å². The highest BCUT2D eigenvalue weighted by Crippen LogP contribution is 2.33. The number of nitrogens with zero attached hydrogens (tertiary/aromatic N) is 1. The molecule has 0 saturated heterocycles. The minimum absolute atomic E-state index is 0.152. The standard InChI is InChI=1S/C23H17ClN2O6/c1-31-21-12-17(26(29)30)7-9-19(21)25-22(27)14-4-8-18-15(10-14)11-20(32-23(18)28)13-2-5-16(24)6-3-13/h2-10,12,20H,11H2,1H3,(H,25,27)/t20-/m1/s1. The first-order valence-corrected chi connectivity index (χ1v) is 9.96. The van der Waals surface area contributed by atoms with E-state index in [1.165, 1.54) is 31.4 Å². The van der Waals surface area contributed by atoms with Crippen molar-refractivity contribution in [1.29, 1.82) is 0 Å². The molecule has 1 aliphatic rings. The second-order valence-electron chi connectivity index (χ2n) is 7.12. The van der Waals surface area contributed by atoms with Crippen LogP contribution in [0, 0.1) is 10.1 Å². The number of nitrogens with one attached hydrogen (secondary N) is 1. The average molecular weight is 453 g/mol. The summed E-state index contributed by atoms with van der Waals surface area (Å²) in [5.41, 5.74) is 2.36. The van der Waals surface area contributed by atoms with Gasteiger partial charge in [0.15, 0.2) is 0 Å². The van der Waals surface area contributed by atoms with E-state index in [0.29, 0.717) is 33.8 Å². The number of cyclic esters (lactones) is 1. The zero-order chi connectivity index (χ0) is 22.8. The van der Waals surface area contributed by atoms with E-state index in [9.17, 15) is 19.7 Å². The number of non-ortho nitro benzene ring substituents is 1. The molecular weight excluding hydrogens is 436 g/mol. The number of rotatable bonds is 5. The Kier molecular flexibility index (Phi) is 5.79. The summed E-state index contributed by atoms with van der Waals surface area (Å²) in [7, 11) is 1.36. The van der Waals surface area contributed by atoms with Gasteiger partial charge in [-0.25, -0.2) is 4.79 Å². The Morgan fingerprint density at radius 1 is 1.16 bits per heavy atom. The molecule has 0 bridgehead atoms. The number of nitro groups is 1.